The molecule has 5 nitrogen and oxygen atoms in total. The van der Waals surface area contributed by atoms with Crippen molar-refractivity contribution in [1.29, 1.82) is 0 Å². The van der Waals surface area contributed by atoms with E-state index in [2.05, 4.69) is 16.8 Å². The predicted octanol–water partition coefficient (Wildman–Crippen LogP) is 1.03. The average molecular weight is 287 g/mol. The molecule has 2 heterocycles. The molecule has 0 aliphatic carbocycles. The van der Waals surface area contributed by atoms with Crippen molar-refractivity contribution >= 4 is 5.91 Å². The second-order valence-electron chi connectivity index (χ2n) is 4.95. The number of hydrogen-bond acceptors (Lipinski definition) is 4. The maximum atomic E-state index is 12.5. The van der Waals surface area contributed by atoms with Gasteiger partial charge >= 0.3 is 0 Å². The van der Waals surface area contributed by atoms with Crippen molar-refractivity contribution in [2.45, 2.75) is 25.9 Å². The Morgan fingerprint density at radius 2 is 2.43 bits per heavy atom. The zero-order chi connectivity index (χ0) is 15.1. The highest BCUT2D eigenvalue weighted by molar-refractivity contribution is 5.94. The van der Waals surface area contributed by atoms with Gasteiger partial charge in [0.2, 0.25) is 0 Å². The molecule has 2 N–H and O–H groups in total. The fraction of sp³-hybridized carbons (Fsp3) is 0.500. The van der Waals surface area contributed by atoms with E-state index in [1.165, 1.54) is 0 Å². The molecule has 2 rings (SSSR count). The third kappa shape index (κ3) is 4.28. The van der Waals surface area contributed by atoms with E-state index >= 15 is 0 Å². The molecule has 0 spiro atoms. The lowest BCUT2D eigenvalue weighted by atomic mass is 10.1. The van der Waals surface area contributed by atoms with Crippen LogP contribution < -0.4 is 5.73 Å². The average Bonchev–Trinajstić information content (AvgIpc) is 3.03. The van der Waals surface area contributed by atoms with E-state index in [4.69, 9.17) is 10.5 Å². The summed E-state index contributed by atoms with van der Waals surface area (Å²) in [5.74, 6) is 5.63. The van der Waals surface area contributed by atoms with Crippen LogP contribution in [0.3, 0.4) is 0 Å². The summed E-state index contributed by atoms with van der Waals surface area (Å²) >= 11 is 0. The standard InChI is InChI=1S/C16H21N3O2/c1-2-19(12-15-6-4-8-21-15)16(20)14-9-13(5-3-7-17)10-18-11-14/h9-11,15H,2,4,6-8,12,17H2,1H3. The highest BCUT2D eigenvalue weighted by Gasteiger charge is 2.22. The van der Waals surface area contributed by atoms with Crippen LogP contribution in [-0.2, 0) is 4.74 Å². The number of amides is 1. The SMILES string of the molecule is CCN(CC1CCCO1)C(=O)c1cncc(C#CCN)c1. The van der Waals surface area contributed by atoms with Crippen molar-refractivity contribution in [3.8, 4) is 11.8 Å². The van der Waals surface area contributed by atoms with Gasteiger partial charge in [0.05, 0.1) is 18.2 Å². The minimum Gasteiger partial charge on any atom is -0.376 e. The summed E-state index contributed by atoms with van der Waals surface area (Å²) in [6, 6.07) is 1.76. The number of nitrogens with two attached hydrogens (primary N) is 1. The minimum atomic E-state index is -0.0306. The van der Waals surface area contributed by atoms with Crippen LogP contribution in [0.4, 0.5) is 0 Å². The zero-order valence-electron chi connectivity index (χ0n) is 12.3. The summed E-state index contributed by atoms with van der Waals surface area (Å²) in [7, 11) is 0. The molecule has 1 unspecified atom stereocenters. The largest absolute Gasteiger partial charge is 0.376 e. The van der Waals surface area contributed by atoms with Gasteiger partial charge in [-0.3, -0.25) is 9.78 Å². The van der Waals surface area contributed by atoms with Gasteiger partial charge < -0.3 is 15.4 Å². The van der Waals surface area contributed by atoms with E-state index in [0.717, 1.165) is 19.4 Å². The Kier molecular flexibility index (Phi) is 5.73. The van der Waals surface area contributed by atoms with Crippen molar-refractivity contribution in [2.75, 3.05) is 26.2 Å². The van der Waals surface area contributed by atoms with E-state index in [9.17, 15) is 4.79 Å². The zero-order valence-corrected chi connectivity index (χ0v) is 12.3. The van der Waals surface area contributed by atoms with Gasteiger partial charge in [-0.25, -0.2) is 0 Å². The minimum absolute atomic E-state index is 0.0306. The molecule has 0 radical (unpaired) electrons. The topological polar surface area (TPSA) is 68.5 Å². The predicted molar refractivity (Wildman–Crippen MR) is 80.7 cm³/mol. The van der Waals surface area contributed by atoms with Gasteiger partial charge in [-0.05, 0) is 25.8 Å². The highest BCUT2D eigenvalue weighted by atomic mass is 16.5. The summed E-state index contributed by atoms with van der Waals surface area (Å²) in [4.78, 5) is 18.4. The van der Waals surface area contributed by atoms with E-state index in [1.807, 2.05) is 6.92 Å². The Morgan fingerprint density at radius 3 is 3.10 bits per heavy atom. The number of carbonyl (C=O) groups excluding carboxylic acids is 1. The summed E-state index contributed by atoms with van der Waals surface area (Å²) < 4.78 is 5.60. The van der Waals surface area contributed by atoms with Gasteiger partial charge in [0, 0.05) is 37.7 Å². The van der Waals surface area contributed by atoms with Crippen molar-refractivity contribution in [2.24, 2.45) is 5.73 Å². The lowest BCUT2D eigenvalue weighted by molar-refractivity contribution is 0.0539. The van der Waals surface area contributed by atoms with Gasteiger partial charge in [-0.15, -0.1) is 0 Å². The van der Waals surface area contributed by atoms with Crippen LogP contribution >= 0.6 is 0 Å². The molecule has 1 saturated heterocycles. The molecule has 21 heavy (non-hydrogen) atoms. The Morgan fingerprint density at radius 1 is 1.57 bits per heavy atom. The van der Waals surface area contributed by atoms with Crippen LogP contribution in [0.15, 0.2) is 18.5 Å². The van der Waals surface area contributed by atoms with Crippen LogP contribution in [-0.4, -0.2) is 48.1 Å². The molecule has 5 heteroatoms. The molecular formula is C16H21N3O2. The fourth-order valence-electron chi connectivity index (χ4n) is 2.35. The molecule has 0 bridgehead atoms. The Hall–Kier alpha value is -1.90. The third-order valence-electron chi connectivity index (χ3n) is 3.44. The number of pyridine rings is 1. The Balaban J connectivity index is 2.09. The molecule has 1 amide bonds. The van der Waals surface area contributed by atoms with E-state index < -0.39 is 0 Å². The first-order valence-corrected chi connectivity index (χ1v) is 7.29. The molecule has 1 aromatic heterocycles. The number of aromatic nitrogens is 1. The summed E-state index contributed by atoms with van der Waals surface area (Å²) in [6.07, 6.45) is 5.46. The maximum absolute atomic E-state index is 12.5. The first-order chi connectivity index (χ1) is 10.2. The summed E-state index contributed by atoms with van der Waals surface area (Å²) in [5.41, 5.74) is 6.61. The monoisotopic (exact) mass is 287 g/mol. The molecule has 0 saturated carbocycles. The van der Waals surface area contributed by atoms with Crippen LogP contribution in [0, 0.1) is 11.8 Å². The molecule has 0 aromatic carbocycles. The number of hydrogen-bond donors (Lipinski definition) is 1. The molecule has 1 atom stereocenters. The lowest BCUT2D eigenvalue weighted by Crippen LogP contribution is -2.37. The Bertz CT molecular complexity index is 542. The highest BCUT2D eigenvalue weighted by Crippen LogP contribution is 2.15. The van der Waals surface area contributed by atoms with E-state index in [0.29, 0.717) is 24.2 Å². The number of nitrogens with zero attached hydrogens (tertiary/aromatic N) is 2. The van der Waals surface area contributed by atoms with Gasteiger partial charge in [0.25, 0.3) is 5.91 Å². The van der Waals surface area contributed by atoms with Crippen LogP contribution in [0.5, 0.6) is 0 Å². The van der Waals surface area contributed by atoms with Crippen molar-refractivity contribution in [1.82, 2.24) is 9.88 Å². The second kappa shape index (κ2) is 7.77. The summed E-state index contributed by atoms with van der Waals surface area (Å²) in [5, 5.41) is 0. The fourth-order valence-corrected chi connectivity index (χ4v) is 2.35. The lowest BCUT2D eigenvalue weighted by Gasteiger charge is -2.24. The molecule has 1 aliphatic rings. The molecular weight excluding hydrogens is 266 g/mol. The van der Waals surface area contributed by atoms with Crippen molar-refractivity contribution < 1.29 is 9.53 Å². The normalized spacial score (nSPS) is 17.1. The Labute approximate surface area is 125 Å². The smallest absolute Gasteiger partial charge is 0.255 e. The first kappa shape index (κ1) is 15.5. The van der Waals surface area contributed by atoms with Crippen LogP contribution in [0.25, 0.3) is 0 Å². The van der Waals surface area contributed by atoms with Gasteiger partial charge in [0.1, 0.15) is 0 Å². The third-order valence-corrected chi connectivity index (χ3v) is 3.44. The summed E-state index contributed by atoms with van der Waals surface area (Å²) in [6.45, 7) is 4.34. The van der Waals surface area contributed by atoms with Crippen LogP contribution in [0.2, 0.25) is 0 Å². The van der Waals surface area contributed by atoms with Crippen LogP contribution in [0.1, 0.15) is 35.7 Å². The van der Waals surface area contributed by atoms with Crippen molar-refractivity contribution in [3.05, 3.63) is 29.6 Å². The molecule has 112 valence electrons. The number of carbonyl (C=O) groups is 1. The maximum Gasteiger partial charge on any atom is 0.255 e. The van der Waals surface area contributed by atoms with Gasteiger partial charge in [-0.1, -0.05) is 11.8 Å². The van der Waals surface area contributed by atoms with Crippen molar-refractivity contribution in [3.63, 3.8) is 0 Å². The molecule has 1 aliphatic heterocycles. The number of ether oxygens (including phenoxy) is 1. The molecule has 1 fully saturated rings. The molecule has 1 aromatic rings. The quantitative estimate of drug-likeness (QED) is 0.840. The second-order valence-corrected chi connectivity index (χ2v) is 4.95. The van der Waals surface area contributed by atoms with E-state index in [-0.39, 0.29) is 18.6 Å². The number of likely N-dealkylation sites (N-methyl/N-ethyl adjacent to an activating group) is 1. The first-order valence-electron chi connectivity index (χ1n) is 7.29. The van der Waals surface area contributed by atoms with Gasteiger partial charge in [-0.2, -0.15) is 0 Å². The number of rotatable bonds is 4. The van der Waals surface area contributed by atoms with Gasteiger partial charge in [0.15, 0.2) is 0 Å². The van der Waals surface area contributed by atoms with E-state index in [1.54, 1.807) is 23.4 Å².